The van der Waals surface area contributed by atoms with Gasteiger partial charge in [-0.1, -0.05) is 18.2 Å². The molecule has 0 radical (unpaired) electrons. The summed E-state index contributed by atoms with van der Waals surface area (Å²) in [5.41, 5.74) is 2.08. The average molecular weight is 512 g/mol. The summed E-state index contributed by atoms with van der Waals surface area (Å²) in [6, 6.07) is 11.7. The summed E-state index contributed by atoms with van der Waals surface area (Å²) in [4.78, 5) is 37.9. The minimum atomic E-state index is -0.811. The SMILES string of the molecule is COC(=O)C1=C(C)NC(C)=C(C(=O)OC)C1c1ccc(OC(=O)COc2ccccc2OC)c(OC)c1. The number of rotatable bonds is 9. The second-order valence-electron chi connectivity index (χ2n) is 7.94. The van der Waals surface area contributed by atoms with Crippen molar-refractivity contribution in [2.24, 2.45) is 0 Å². The fraction of sp³-hybridized carbons (Fsp3) is 0.296. The molecule has 37 heavy (non-hydrogen) atoms. The number of ether oxygens (including phenoxy) is 6. The first-order chi connectivity index (χ1) is 17.7. The van der Waals surface area contributed by atoms with E-state index in [0.717, 1.165) is 0 Å². The largest absolute Gasteiger partial charge is 0.493 e. The van der Waals surface area contributed by atoms with Gasteiger partial charge in [-0.15, -0.1) is 0 Å². The fourth-order valence-electron chi connectivity index (χ4n) is 4.06. The summed E-state index contributed by atoms with van der Waals surface area (Å²) in [5, 5.41) is 3.05. The zero-order valence-electron chi connectivity index (χ0n) is 21.5. The van der Waals surface area contributed by atoms with E-state index in [1.807, 2.05) is 0 Å². The van der Waals surface area contributed by atoms with E-state index in [0.29, 0.717) is 28.5 Å². The predicted octanol–water partition coefficient (Wildman–Crippen LogP) is 3.27. The molecule has 1 aliphatic heterocycles. The Hall–Kier alpha value is -4.47. The van der Waals surface area contributed by atoms with Crippen LogP contribution in [-0.2, 0) is 23.9 Å². The van der Waals surface area contributed by atoms with Crippen molar-refractivity contribution >= 4 is 17.9 Å². The summed E-state index contributed by atoms with van der Waals surface area (Å²) in [6.45, 7) is 3.06. The first-order valence-electron chi connectivity index (χ1n) is 11.2. The minimum absolute atomic E-state index is 0.134. The molecule has 10 nitrogen and oxygen atoms in total. The van der Waals surface area contributed by atoms with Gasteiger partial charge in [-0.3, -0.25) is 0 Å². The molecule has 0 amide bonds. The van der Waals surface area contributed by atoms with E-state index in [1.165, 1.54) is 34.5 Å². The molecule has 1 aliphatic rings. The van der Waals surface area contributed by atoms with Crippen LogP contribution in [0, 0.1) is 0 Å². The number of nitrogens with one attached hydrogen (secondary N) is 1. The van der Waals surface area contributed by atoms with Crippen LogP contribution in [0.3, 0.4) is 0 Å². The summed E-state index contributed by atoms with van der Waals surface area (Å²) in [7, 11) is 5.44. The number of carbonyl (C=O) groups is 3. The molecule has 3 rings (SSSR count). The Morgan fingerprint density at radius 2 is 1.32 bits per heavy atom. The van der Waals surface area contributed by atoms with Crippen molar-refractivity contribution in [3.05, 3.63) is 70.6 Å². The number of esters is 3. The molecule has 0 bridgehead atoms. The highest BCUT2D eigenvalue weighted by atomic mass is 16.6. The van der Waals surface area contributed by atoms with Crippen LogP contribution in [-0.4, -0.2) is 53.0 Å². The smallest absolute Gasteiger partial charge is 0.349 e. The summed E-state index contributed by atoms with van der Waals surface area (Å²) in [6.07, 6.45) is 0. The summed E-state index contributed by atoms with van der Waals surface area (Å²) >= 11 is 0. The van der Waals surface area contributed by atoms with Gasteiger partial charge in [0.25, 0.3) is 0 Å². The Morgan fingerprint density at radius 3 is 1.86 bits per heavy atom. The lowest BCUT2D eigenvalue weighted by atomic mass is 9.80. The molecule has 2 aromatic carbocycles. The van der Waals surface area contributed by atoms with Gasteiger partial charge in [-0.05, 0) is 43.7 Å². The molecule has 0 aromatic heterocycles. The van der Waals surface area contributed by atoms with E-state index in [1.54, 1.807) is 50.2 Å². The van der Waals surface area contributed by atoms with Gasteiger partial charge in [0.05, 0.1) is 45.5 Å². The highest BCUT2D eigenvalue weighted by molar-refractivity contribution is 5.99. The third-order valence-corrected chi connectivity index (χ3v) is 5.73. The van der Waals surface area contributed by atoms with Gasteiger partial charge in [0, 0.05) is 11.4 Å². The van der Waals surface area contributed by atoms with E-state index in [9.17, 15) is 14.4 Å². The zero-order valence-corrected chi connectivity index (χ0v) is 21.5. The Labute approximate surface area is 214 Å². The highest BCUT2D eigenvalue weighted by Crippen LogP contribution is 2.42. The zero-order chi connectivity index (χ0) is 27.1. The topological polar surface area (TPSA) is 119 Å². The maximum absolute atomic E-state index is 12.7. The van der Waals surface area contributed by atoms with Gasteiger partial charge < -0.3 is 33.7 Å². The van der Waals surface area contributed by atoms with Gasteiger partial charge in [-0.2, -0.15) is 0 Å². The Morgan fingerprint density at radius 1 is 0.757 bits per heavy atom. The molecule has 1 heterocycles. The molecule has 1 N–H and O–H groups in total. The van der Waals surface area contributed by atoms with E-state index in [4.69, 9.17) is 28.4 Å². The minimum Gasteiger partial charge on any atom is -0.493 e. The maximum Gasteiger partial charge on any atom is 0.349 e. The second kappa shape index (κ2) is 12.0. The molecule has 0 atom stereocenters. The lowest BCUT2D eigenvalue weighted by Gasteiger charge is -2.30. The highest BCUT2D eigenvalue weighted by Gasteiger charge is 2.38. The second-order valence-corrected chi connectivity index (χ2v) is 7.94. The van der Waals surface area contributed by atoms with Crippen LogP contribution in [0.2, 0.25) is 0 Å². The lowest BCUT2D eigenvalue weighted by molar-refractivity contribution is -0.138. The first-order valence-corrected chi connectivity index (χ1v) is 11.2. The van der Waals surface area contributed by atoms with Gasteiger partial charge in [0.1, 0.15) is 0 Å². The van der Waals surface area contributed by atoms with Crippen LogP contribution in [0.15, 0.2) is 65.0 Å². The van der Waals surface area contributed by atoms with E-state index >= 15 is 0 Å². The monoisotopic (exact) mass is 511 g/mol. The van der Waals surface area contributed by atoms with Gasteiger partial charge in [0.15, 0.2) is 29.6 Å². The fourth-order valence-corrected chi connectivity index (χ4v) is 4.06. The van der Waals surface area contributed by atoms with Gasteiger partial charge >= 0.3 is 17.9 Å². The first kappa shape index (κ1) is 27.1. The van der Waals surface area contributed by atoms with Crippen molar-refractivity contribution in [1.82, 2.24) is 5.32 Å². The van der Waals surface area contributed by atoms with E-state index in [2.05, 4.69) is 5.32 Å². The molecule has 0 fully saturated rings. The molecule has 0 saturated carbocycles. The van der Waals surface area contributed by atoms with Crippen LogP contribution < -0.4 is 24.3 Å². The number of benzene rings is 2. The number of dihydropyridines is 1. The number of methoxy groups -OCH3 is 4. The van der Waals surface area contributed by atoms with Crippen LogP contribution in [0.4, 0.5) is 0 Å². The Bertz CT molecular complexity index is 1220. The molecular formula is C27H29NO9. The van der Waals surface area contributed by atoms with Gasteiger partial charge in [0.2, 0.25) is 0 Å². The van der Waals surface area contributed by atoms with Crippen molar-refractivity contribution in [3.8, 4) is 23.0 Å². The standard InChI is InChI=1S/C27H29NO9/c1-15-23(26(30)34-5)25(24(16(2)28-15)27(31)35-6)17-11-12-20(21(13-17)33-4)37-22(29)14-36-19-10-8-7-9-18(19)32-3/h7-13,25,28H,14H2,1-6H3. The molecule has 0 aliphatic carbocycles. The summed E-state index contributed by atoms with van der Waals surface area (Å²) in [5.74, 6) is -1.47. The molecular weight excluding hydrogens is 482 g/mol. The quantitative estimate of drug-likeness (QED) is 0.397. The number of allylic oxidation sites excluding steroid dienone is 2. The van der Waals surface area contributed by atoms with Crippen LogP contribution in [0.5, 0.6) is 23.0 Å². The van der Waals surface area contributed by atoms with Crippen LogP contribution >= 0.6 is 0 Å². The predicted molar refractivity (Wildman–Crippen MR) is 132 cm³/mol. The van der Waals surface area contributed by atoms with Crippen molar-refractivity contribution < 1.29 is 42.8 Å². The number of hydrogen-bond donors (Lipinski definition) is 1. The lowest BCUT2D eigenvalue weighted by Crippen LogP contribution is -2.32. The molecule has 196 valence electrons. The van der Waals surface area contributed by atoms with Crippen molar-refractivity contribution in [2.75, 3.05) is 35.0 Å². The van der Waals surface area contributed by atoms with Crippen molar-refractivity contribution in [1.29, 1.82) is 0 Å². The number of carbonyl (C=O) groups excluding carboxylic acids is 3. The van der Waals surface area contributed by atoms with Gasteiger partial charge in [-0.25, -0.2) is 14.4 Å². The third kappa shape index (κ3) is 5.85. The molecule has 2 aromatic rings. The molecule has 0 saturated heterocycles. The average Bonchev–Trinajstić information content (AvgIpc) is 2.91. The maximum atomic E-state index is 12.7. The Balaban J connectivity index is 1.91. The summed E-state index contributed by atoms with van der Waals surface area (Å²) < 4.78 is 31.6. The van der Waals surface area contributed by atoms with Crippen molar-refractivity contribution in [3.63, 3.8) is 0 Å². The molecule has 0 unspecified atom stereocenters. The van der Waals surface area contributed by atoms with Crippen molar-refractivity contribution in [2.45, 2.75) is 19.8 Å². The van der Waals surface area contributed by atoms with E-state index < -0.39 is 23.8 Å². The number of para-hydroxylation sites is 2. The third-order valence-electron chi connectivity index (χ3n) is 5.73. The normalized spacial score (nSPS) is 13.5. The van der Waals surface area contributed by atoms with Crippen LogP contribution in [0.1, 0.15) is 25.3 Å². The Kier molecular flexibility index (Phi) is 8.78. The molecule has 10 heteroatoms. The van der Waals surface area contributed by atoms with E-state index in [-0.39, 0.29) is 29.3 Å². The molecule has 0 spiro atoms. The number of hydrogen-bond acceptors (Lipinski definition) is 10. The van der Waals surface area contributed by atoms with Crippen LogP contribution in [0.25, 0.3) is 0 Å².